The molecule has 0 unspecified atom stereocenters. The first-order valence-electron chi connectivity index (χ1n) is 8.86. The molecule has 0 amide bonds. The minimum absolute atomic E-state index is 0.246. The molecule has 5 nitrogen and oxygen atoms in total. The summed E-state index contributed by atoms with van der Waals surface area (Å²) in [6.45, 7) is 4.43. The van der Waals surface area contributed by atoms with Crippen LogP contribution >= 0.6 is 11.6 Å². The predicted molar refractivity (Wildman–Crippen MR) is 111 cm³/mol. The summed E-state index contributed by atoms with van der Waals surface area (Å²) in [5.74, 6) is 0.754. The van der Waals surface area contributed by atoms with Gasteiger partial charge in [-0.15, -0.1) is 0 Å². The maximum Gasteiger partial charge on any atom is 0.258 e. The standard InChI is InChI=1S/C22H18ClN3O2/c1-13-8-9-17(28-11-15-6-4-3-5-7-15)14(2)19(13)21-20-16(10-18(23)26-21)22(27)25-12-24-20/h3-10,12H,11H2,1-2H3,(H,24,25,27). The van der Waals surface area contributed by atoms with E-state index in [4.69, 9.17) is 16.3 Å². The molecular formula is C22H18ClN3O2. The molecule has 4 aromatic rings. The predicted octanol–water partition coefficient (Wildman–Crippen LogP) is 4.83. The summed E-state index contributed by atoms with van der Waals surface area (Å²) in [4.78, 5) is 23.6. The van der Waals surface area contributed by atoms with Crippen LogP contribution in [0.3, 0.4) is 0 Å². The van der Waals surface area contributed by atoms with Crippen LogP contribution in [0, 0.1) is 13.8 Å². The van der Waals surface area contributed by atoms with Crippen LogP contribution in [-0.2, 0) is 6.61 Å². The highest BCUT2D eigenvalue weighted by atomic mass is 35.5. The molecule has 0 saturated heterocycles. The Bertz CT molecular complexity index is 1220. The van der Waals surface area contributed by atoms with Crippen molar-refractivity contribution in [3.8, 4) is 17.0 Å². The van der Waals surface area contributed by atoms with Crippen LogP contribution in [0.5, 0.6) is 5.75 Å². The topological polar surface area (TPSA) is 67.9 Å². The van der Waals surface area contributed by atoms with Crippen LogP contribution in [-0.4, -0.2) is 15.0 Å². The van der Waals surface area contributed by atoms with Crippen LogP contribution < -0.4 is 10.3 Å². The van der Waals surface area contributed by atoms with Gasteiger partial charge in [0.05, 0.1) is 17.4 Å². The maximum atomic E-state index is 12.2. The van der Waals surface area contributed by atoms with E-state index >= 15 is 0 Å². The second-order valence-corrected chi connectivity index (χ2v) is 6.96. The molecule has 4 rings (SSSR count). The highest BCUT2D eigenvalue weighted by Gasteiger charge is 2.17. The molecule has 0 spiro atoms. The third-order valence-electron chi connectivity index (χ3n) is 4.69. The van der Waals surface area contributed by atoms with Gasteiger partial charge in [-0.2, -0.15) is 0 Å². The molecule has 0 saturated carbocycles. The molecule has 140 valence electrons. The van der Waals surface area contributed by atoms with Crippen molar-refractivity contribution in [1.29, 1.82) is 0 Å². The van der Waals surface area contributed by atoms with Crippen LogP contribution in [0.25, 0.3) is 22.2 Å². The Labute approximate surface area is 167 Å². The van der Waals surface area contributed by atoms with Gasteiger partial charge in [0.2, 0.25) is 0 Å². The number of aryl methyl sites for hydroxylation is 1. The smallest absolute Gasteiger partial charge is 0.258 e. The van der Waals surface area contributed by atoms with E-state index in [2.05, 4.69) is 15.0 Å². The van der Waals surface area contributed by atoms with Gasteiger partial charge in [0.1, 0.15) is 23.0 Å². The van der Waals surface area contributed by atoms with Crippen molar-refractivity contribution < 1.29 is 4.74 Å². The molecule has 0 atom stereocenters. The molecule has 2 heterocycles. The summed E-state index contributed by atoms with van der Waals surface area (Å²) in [6, 6.07) is 15.4. The summed E-state index contributed by atoms with van der Waals surface area (Å²) in [5.41, 5.74) is 4.73. The second kappa shape index (κ2) is 7.44. The van der Waals surface area contributed by atoms with Crippen LogP contribution in [0.15, 0.2) is 59.7 Å². The number of H-pyrrole nitrogens is 1. The first kappa shape index (κ1) is 18.2. The third kappa shape index (κ3) is 3.37. The Hall–Kier alpha value is -3.18. The normalized spacial score (nSPS) is 11.0. The van der Waals surface area contributed by atoms with Gasteiger partial charge in [0, 0.05) is 11.1 Å². The number of nitrogens with one attached hydrogen (secondary N) is 1. The Morgan fingerprint density at radius 1 is 1.11 bits per heavy atom. The fraction of sp³-hybridized carbons (Fsp3) is 0.136. The molecule has 6 heteroatoms. The van der Waals surface area contributed by atoms with Crippen molar-refractivity contribution in [2.45, 2.75) is 20.5 Å². The van der Waals surface area contributed by atoms with Gasteiger partial charge in [-0.25, -0.2) is 9.97 Å². The number of rotatable bonds is 4. The van der Waals surface area contributed by atoms with E-state index in [0.29, 0.717) is 23.2 Å². The van der Waals surface area contributed by atoms with Crippen LogP contribution in [0.4, 0.5) is 0 Å². The lowest BCUT2D eigenvalue weighted by molar-refractivity contribution is 0.304. The molecule has 2 aromatic heterocycles. The summed E-state index contributed by atoms with van der Waals surface area (Å²) in [7, 11) is 0. The highest BCUT2D eigenvalue weighted by molar-refractivity contribution is 6.30. The lowest BCUT2D eigenvalue weighted by Gasteiger charge is -2.16. The number of aromatic amines is 1. The lowest BCUT2D eigenvalue weighted by atomic mass is 9.97. The largest absolute Gasteiger partial charge is 0.489 e. The molecule has 0 aliphatic rings. The van der Waals surface area contributed by atoms with Gasteiger partial charge in [0.15, 0.2) is 0 Å². The van der Waals surface area contributed by atoms with E-state index in [1.54, 1.807) is 0 Å². The molecule has 0 aliphatic heterocycles. The maximum absolute atomic E-state index is 12.2. The number of aromatic nitrogens is 3. The third-order valence-corrected chi connectivity index (χ3v) is 4.89. The molecule has 0 radical (unpaired) electrons. The molecule has 28 heavy (non-hydrogen) atoms. The van der Waals surface area contributed by atoms with Crippen molar-refractivity contribution in [3.05, 3.63) is 87.1 Å². The molecule has 1 N–H and O–H groups in total. The van der Waals surface area contributed by atoms with Gasteiger partial charge in [-0.05, 0) is 37.1 Å². The Kier molecular flexibility index (Phi) is 4.84. The van der Waals surface area contributed by atoms with E-state index in [-0.39, 0.29) is 10.7 Å². The number of fused-ring (bicyclic) bond motifs is 1. The number of nitrogens with zero attached hydrogens (tertiary/aromatic N) is 2. The summed E-state index contributed by atoms with van der Waals surface area (Å²) in [5, 5.41) is 0.655. The van der Waals surface area contributed by atoms with Gasteiger partial charge in [-0.1, -0.05) is 48.0 Å². The average Bonchev–Trinajstić information content (AvgIpc) is 2.69. The number of hydrogen-bond acceptors (Lipinski definition) is 4. The first-order chi connectivity index (χ1) is 13.5. The fourth-order valence-electron chi connectivity index (χ4n) is 3.30. The monoisotopic (exact) mass is 391 g/mol. The summed E-state index contributed by atoms with van der Waals surface area (Å²) < 4.78 is 6.06. The SMILES string of the molecule is Cc1ccc(OCc2ccccc2)c(C)c1-c1nc(Cl)cc2c(=O)[nH]cnc12. The fourth-order valence-corrected chi connectivity index (χ4v) is 3.50. The van der Waals surface area contributed by atoms with Crippen molar-refractivity contribution in [2.24, 2.45) is 0 Å². The minimum Gasteiger partial charge on any atom is -0.489 e. The number of ether oxygens (including phenoxy) is 1. The molecule has 0 aliphatic carbocycles. The van der Waals surface area contributed by atoms with Crippen molar-refractivity contribution in [3.63, 3.8) is 0 Å². The van der Waals surface area contributed by atoms with E-state index in [9.17, 15) is 4.79 Å². The number of benzene rings is 2. The summed E-state index contributed by atoms with van der Waals surface area (Å²) >= 11 is 6.21. The Morgan fingerprint density at radius 2 is 1.89 bits per heavy atom. The van der Waals surface area contributed by atoms with Crippen LogP contribution in [0.1, 0.15) is 16.7 Å². The van der Waals surface area contributed by atoms with E-state index in [1.807, 2.05) is 56.3 Å². The molecule has 2 aromatic carbocycles. The van der Waals surface area contributed by atoms with Gasteiger partial charge >= 0.3 is 0 Å². The lowest BCUT2D eigenvalue weighted by Crippen LogP contribution is -2.08. The molecule has 0 bridgehead atoms. The van der Waals surface area contributed by atoms with Gasteiger partial charge in [-0.3, -0.25) is 4.79 Å². The Balaban J connectivity index is 1.84. The van der Waals surface area contributed by atoms with Crippen molar-refractivity contribution in [1.82, 2.24) is 15.0 Å². The number of hydrogen-bond donors (Lipinski definition) is 1. The Morgan fingerprint density at radius 3 is 2.68 bits per heavy atom. The minimum atomic E-state index is -0.248. The second-order valence-electron chi connectivity index (χ2n) is 6.58. The van der Waals surface area contributed by atoms with Gasteiger partial charge in [0.25, 0.3) is 5.56 Å². The van der Waals surface area contributed by atoms with Crippen molar-refractivity contribution >= 4 is 22.5 Å². The average molecular weight is 392 g/mol. The quantitative estimate of drug-likeness (QED) is 0.506. The molecular weight excluding hydrogens is 374 g/mol. The van der Waals surface area contributed by atoms with E-state index < -0.39 is 0 Å². The van der Waals surface area contributed by atoms with Gasteiger partial charge < -0.3 is 9.72 Å². The highest BCUT2D eigenvalue weighted by Crippen LogP contribution is 2.35. The van der Waals surface area contributed by atoms with Crippen LogP contribution in [0.2, 0.25) is 5.15 Å². The number of pyridine rings is 1. The van der Waals surface area contributed by atoms with E-state index in [0.717, 1.165) is 28.0 Å². The summed E-state index contributed by atoms with van der Waals surface area (Å²) in [6.07, 6.45) is 1.38. The first-order valence-corrected chi connectivity index (χ1v) is 9.23. The van der Waals surface area contributed by atoms with E-state index in [1.165, 1.54) is 12.4 Å². The van der Waals surface area contributed by atoms with Crippen molar-refractivity contribution in [2.75, 3.05) is 0 Å². The zero-order valence-electron chi connectivity index (χ0n) is 15.5. The number of halogens is 1. The zero-order valence-corrected chi connectivity index (χ0v) is 16.2. The zero-order chi connectivity index (χ0) is 19.7. The molecule has 0 fully saturated rings.